The molecule has 0 radical (unpaired) electrons. The standard InChI is InChI=1S/C23H23ClN4O3/c1-4-31-21-8-6-5-7-20(21)26-22(29)23(30)27-25-14-17-13-15(2)28(16(17)3)19-11-9-18(24)10-12-19/h5-14H,4H2,1-3H3,(H,26,29)(H,27,30)/b25-14-. The predicted octanol–water partition coefficient (Wildman–Crippen LogP) is 4.24. The van der Waals surface area contributed by atoms with Gasteiger partial charge in [-0.25, -0.2) is 5.43 Å². The van der Waals surface area contributed by atoms with Gasteiger partial charge in [-0.3, -0.25) is 9.59 Å². The summed E-state index contributed by atoms with van der Waals surface area (Å²) in [5, 5.41) is 7.13. The van der Waals surface area contributed by atoms with Crippen molar-refractivity contribution in [3.8, 4) is 11.4 Å². The quantitative estimate of drug-likeness (QED) is 0.343. The van der Waals surface area contributed by atoms with Crippen LogP contribution in [0.5, 0.6) is 5.75 Å². The van der Waals surface area contributed by atoms with Crippen molar-refractivity contribution < 1.29 is 14.3 Å². The molecule has 0 unspecified atom stereocenters. The van der Waals surface area contributed by atoms with Gasteiger partial charge >= 0.3 is 11.8 Å². The average molecular weight is 439 g/mol. The molecule has 7 nitrogen and oxygen atoms in total. The first-order valence-corrected chi connectivity index (χ1v) is 10.1. The first-order chi connectivity index (χ1) is 14.9. The molecular formula is C23H23ClN4O3. The van der Waals surface area contributed by atoms with E-state index in [1.807, 2.05) is 51.1 Å². The van der Waals surface area contributed by atoms with Crippen LogP contribution in [-0.4, -0.2) is 29.2 Å². The molecule has 0 bridgehead atoms. The molecule has 31 heavy (non-hydrogen) atoms. The van der Waals surface area contributed by atoms with E-state index in [-0.39, 0.29) is 0 Å². The van der Waals surface area contributed by atoms with Crippen molar-refractivity contribution in [2.75, 3.05) is 11.9 Å². The number of hydrogen-bond acceptors (Lipinski definition) is 4. The normalized spacial score (nSPS) is 10.8. The largest absolute Gasteiger partial charge is 0.492 e. The number of para-hydroxylation sites is 2. The van der Waals surface area contributed by atoms with E-state index in [0.29, 0.717) is 23.1 Å². The fraction of sp³-hybridized carbons (Fsp3) is 0.174. The van der Waals surface area contributed by atoms with Crippen molar-refractivity contribution in [3.63, 3.8) is 0 Å². The minimum absolute atomic E-state index is 0.417. The molecule has 0 aliphatic rings. The van der Waals surface area contributed by atoms with Gasteiger partial charge in [0.1, 0.15) is 5.75 Å². The summed E-state index contributed by atoms with van der Waals surface area (Å²) < 4.78 is 7.49. The van der Waals surface area contributed by atoms with Gasteiger partial charge in [-0.1, -0.05) is 23.7 Å². The lowest BCUT2D eigenvalue weighted by molar-refractivity contribution is -0.136. The second-order valence-corrected chi connectivity index (χ2v) is 7.16. The second kappa shape index (κ2) is 9.95. The molecule has 0 spiro atoms. The van der Waals surface area contributed by atoms with Crippen molar-refractivity contribution in [2.45, 2.75) is 20.8 Å². The Balaban J connectivity index is 1.67. The van der Waals surface area contributed by atoms with E-state index in [2.05, 4.69) is 20.4 Å². The maximum absolute atomic E-state index is 12.2. The maximum Gasteiger partial charge on any atom is 0.329 e. The zero-order valence-electron chi connectivity index (χ0n) is 17.5. The van der Waals surface area contributed by atoms with Crippen LogP contribution in [0.4, 0.5) is 5.69 Å². The smallest absolute Gasteiger partial charge is 0.329 e. The Morgan fingerprint density at radius 2 is 1.81 bits per heavy atom. The molecule has 2 N–H and O–H groups in total. The summed E-state index contributed by atoms with van der Waals surface area (Å²) in [7, 11) is 0. The number of nitrogens with zero attached hydrogens (tertiary/aromatic N) is 2. The fourth-order valence-electron chi connectivity index (χ4n) is 3.15. The van der Waals surface area contributed by atoms with E-state index in [1.165, 1.54) is 6.21 Å². The zero-order valence-corrected chi connectivity index (χ0v) is 18.2. The average Bonchev–Trinajstić information content (AvgIpc) is 3.03. The monoisotopic (exact) mass is 438 g/mol. The number of hydrogen-bond donors (Lipinski definition) is 2. The summed E-state index contributed by atoms with van der Waals surface area (Å²) in [6.45, 7) is 6.20. The third-order valence-electron chi connectivity index (χ3n) is 4.57. The van der Waals surface area contributed by atoms with Crippen LogP contribution in [0.2, 0.25) is 5.02 Å². The molecule has 1 aromatic heterocycles. The van der Waals surface area contributed by atoms with Gasteiger partial charge in [-0.15, -0.1) is 0 Å². The van der Waals surface area contributed by atoms with Crippen LogP contribution in [0.25, 0.3) is 5.69 Å². The third kappa shape index (κ3) is 5.32. The van der Waals surface area contributed by atoms with Crippen molar-refractivity contribution >= 4 is 35.3 Å². The predicted molar refractivity (Wildman–Crippen MR) is 122 cm³/mol. The van der Waals surface area contributed by atoms with Crippen LogP contribution in [0, 0.1) is 13.8 Å². The zero-order chi connectivity index (χ0) is 22.4. The number of anilines is 1. The molecule has 0 aliphatic carbocycles. The molecular weight excluding hydrogens is 416 g/mol. The summed E-state index contributed by atoms with van der Waals surface area (Å²) >= 11 is 5.97. The maximum atomic E-state index is 12.2. The number of nitrogens with one attached hydrogen (secondary N) is 2. The Labute approximate surface area is 185 Å². The van der Waals surface area contributed by atoms with E-state index in [4.69, 9.17) is 16.3 Å². The number of hydrazone groups is 1. The molecule has 3 aromatic rings. The van der Waals surface area contributed by atoms with Crippen molar-refractivity contribution in [1.82, 2.24) is 9.99 Å². The number of carbonyl (C=O) groups excluding carboxylic acids is 2. The molecule has 3 rings (SSSR count). The molecule has 8 heteroatoms. The number of carbonyl (C=O) groups is 2. The summed E-state index contributed by atoms with van der Waals surface area (Å²) in [6.07, 6.45) is 1.51. The summed E-state index contributed by atoms with van der Waals surface area (Å²) in [5.41, 5.74) is 6.39. The number of benzene rings is 2. The Kier molecular flexibility index (Phi) is 7.10. The van der Waals surface area contributed by atoms with Gasteiger partial charge in [0.15, 0.2) is 0 Å². The number of amides is 2. The molecule has 160 valence electrons. The van der Waals surface area contributed by atoms with Gasteiger partial charge in [0, 0.05) is 27.7 Å². The Bertz CT molecular complexity index is 1120. The van der Waals surface area contributed by atoms with Crippen LogP contribution in [0.3, 0.4) is 0 Å². The van der Waals surface area contributed by atoms with Crippen molar-refractivity contribution in [1.29, 1.82) is 0 Å². The van der Waals surface area contributed by atoms with Gasteiger partial charge in [-0.2, -0.15) is 5.10 Å². The Morgan fingerprint density at radius 3 is 2.52 bits per heavy atom. The molecule has 1 heterocycles. The molecule has 0 aliphatic heterocycles. The number of aromatic nitrogens is 1. The molecule has 0 saturated carbocycles. The Hall–Kier alpha value is -3.58. The minimum Gasteiger partial charge on any atom is -0.492 e. The van der Waals surface area contributed by atoms with Crippen molar-refractivity contribution in [2.24, 2.45) is 5.10 Å². The van der Waals surface area contributed by atoms with E-state index in [9.17, 15) is 9.59 Å². The van der Waals surface area contributed by atoms with Gasteiger partial charge in [-0.05, 0) is 63.2 Å². The van der Waals surface area contributed by atoms with Gasteiger partial charge in [0.2, 0.25) is 0 Å². The Morgan fingerprint density at radius 1 is 1.10 bits per heavy atom. The van der Waals surface area contributed by atoms with E-state index in [0.717, 1.165) is 22.6 Å². The van der Waals surface area contributed by atoms with Gasteiger partial charge in [0.05, 0.1) is 18.5 Å². The van der Waals surface area contributed by atoms with Crippen LogP contribution in [-0.2, 0) is 9.59 Å². The highest BCUT2D eigenvalue weighted by Gasteiger charge is 2.15. The number of halogens is 1. The molecule has 2 aromatic carbocycles. The highest BCUT2D eigenvalue weighted by Crippen LogP contribution is 2.23. The third-order valence-corrected chi connectivity index (χ3v) is 4.82. The summed E-state index contributed by atoms with van der Waals surface area (Å²) in [6, 6.07) is 16.3. The molecule has 0 fully saturated rings. The van der Waals surface area contributed by atoms with Crippen LogP contribution >= 0.6 is 11.6 Å². The van der Waals surface area contributed by atoms with Crippen LogP contribution < -0.4 is 15.5 Å². The van der Waals surface area contributed by atoms with E-state index >= 15 is 0 Å². The highest BCUT2D eigenvalue weighted by atomic mass is 35.5. The molecule has 0 saturated heterocycles. The van der Waals surface area contributed by atoms with E-state index < -0.39 is 11.8 Å². The van der Waals surface area contributed by atoms with Gasteiger partial charge < -0.3 is 14.6 Å². The second-order valence-electron chi connectivity index (χ2n) is 6.72. The SMILES string of the molecule is CCOc1ccccc1NC(=O)C(=O)N/N=C\c1cc(C)n(-c2ccc(Cl)cc2)c1C. The van der Waals surface area contributed by atoms with Crippen LogP contribution in [0.15, 0.2) is 59.7 Å². The molecule has 2 amide bonds. The van der Waals surface area contributed by atoms with E-state index in [1.54, 1.807) is 24.3 Å². The first-order valence-electron chi connectivity index (χ1n) is 9.71. The molecule has 0 atom stereocenters. The topological polar surface area (TPSA) is 84.7 Å². The number of rotatable bonds is 6. The van der Waals surface area contributed by atoms with Crippen LogP contribution in [0.1, 0.15) is 23.9 Å². The first kappa shape index (κ1) is 22.1. The summed E-state index contributed by atoms with van der Waals surface area (Å²) in [4.78, 5) is 24.3. The number of ether oxygens (including phenoxy) is 1. The number of aryl methyl sites for hydroxylation is 1. The highest BCUT2D eigenvalue weighted by molar-refractivity contribution is 6.39. The van der Waals surface area contributed by atoms with Gasteiger partial charge in [0.25, 0.3) is 0 Å². The lowest BCUT2D eigenvalue weighted by Crippen LogP contribution is -2.32. The van der Waals surface area contributed by atoms with Crippen molar-refractivity contribution in [3.05, 3.63) is 76.6 Å². The lowest BCUT2D eigenvalue weighted by Gasteiger charge is -2.10. The fourth-order valence-corrected chi connectivity index (χ4v) is 3.27. The lowest BCUT2D eigenvalue weighted by atomic mass is 10.2. The minimum atomic E-state index is -0.880. The summed E-state index contributed by atoms with van der Waals surface area (Å²) in [5.74, 6) is -1.23.